The van der Waals surface area contributed by atoms with Crippen LogP contribution in [0.4, 0.5) is 5.69 Å². The van der Waals surface area contributed by atoms with Crippen LogP contribution in [0.25, 0.3) is 0 Å². The Morgan fingerprint density at radius 2 is 2.05 bits per heavy atom. The van der Waals surface area contributed by atoms with Gasteiger partial charge >= 0.3 is 0 Å². The van der Waals surface area contributed by atoms with Gasteiger partial charge in [-0.3, -0.25) is 4.68 Å². The maximum atomic E-state index is 5.25. The first kappa shape index (κ1) is 14.9. The number of aromatic nitrogens is 2. The van der Waals surface area contributed by atoms with Crippen LogP contribution in [0.2, 0.25) is 0 Å². The molecule has 0 radical (unpaired) electrons. The van der Waals surface area contributed by atoms with Gasteiger partial charge in [0.2, 0.25) is 0 Å². The highest BCUT2D eigenvalue weighted by atomic mass is 79.9. The average molecular weight is 338 g/mol. The predicted molar refractivity (Wildman–Crippen MR) is 85.2 cm³/mol. The molecule has 1 aromatic heterocycles. The van der Waals surface area contributed by atoms with E-state index in [0.717, 1.165) is 28.0 Å². The summed E-state index contributed by atoms with van der Waals surface area (Å²) in [5.74, 6) is 0.826. The zero-order valence-corrected chi connectivity index (χ0v) is 13.9. The second kappa shape index (κ2) is 5.87. The van der Waals surface area contributed by atoms with Gasteiger partial charge in [-0.1, -0.05) is 15.9 Å². The number of ether oxygens (including phenoxy) is 1. The van der Waals surface area contributed by atoms with Crippen molar-refractivity contribution >= 4 is 21.6 Å². The van der Waals surface area contributed by atoms with Crippen molar-refractivity contribution in [3.05, 3.63) is 40.6 Å². The first-order valence-electron chi connectivity index (χ1n) is 6.51. The Kier molecular flexibility index (Phi) is 4.38. The van der Waals surface area contributed by atoms with E-state index in [0.29, 0.717) is 0 Å². The van der Waals surface area contributed by atoms with Gasteiger partial charge in [0.25, 0.3) is 0 Å². The van der Waals surface area contributed by atoms with E-state index < -0.39 is 0 Å². The number of methoxy groups -OCH3 is 1. The summed E-state index contributed by atoms with van der Waals surface area (Å²) < 4.78 is 8.22. The van der Waals surface area contributed by atoms with Crippen molar-refractivity contribution in [1.82, 2.24) is 9.78 Å². The lowest BCUT2D eigenvalue weighted by atomic mass is 10.1. The van der Waals surface area contributed by atoms with E-state index in [9.17, 15) is 0 Å². The Morgan fingerprint density at radius 1 is 1.30 bits per heavy atom. The Morgan fingerprint density at radius 3 is 2.65 bits per heavy atom. The van der Waals surface area contributed by atoms with Gasteiger partial charge in [-0.2, -0.15) is 5.10 Å². The van der Waals surface area contributed by atoms with Crippen LogP contribution in [0.1, 0.15) is 26.3 Å². The molecule has 1 heterocycles. The first-order chi connectivity index (χ1) is 9.38. The van der Waals surface area contributed by atoms with Gasteiger partial charge in [0.05, 0.1) is 18.8 Å². The van der Waals surface area contributed by atoms with Gasteiger partial charge in [-0.25, -0.2) is 0 Å². The van der Waals surface area contributed by atoms with Crippen molar-refractivity contribution in [3.8, 4) is 5.75 Å². The van der Waals surface area contributed by atoms with Crippen LogP contribution in [0.3, 0.4) is 0 Å². The fraction of sp³-hybridized carbons (Fsp3) is 0.400. The molecule has 0 aliphatic heterocycles. The number of rotatable bonds is 4. The quantitative estimate of drug-likeness (QED) is 0.915. The second-order valence-corrected chi connectivity index (χ2v) is 6.61. The highest BCUT2D eigenvalue weighted by molar-refractivity contribution is 9.10. The highest BCUT2D eigenvalue weighted by Gasteiger charge is 2.13. The Balaban J connectivity index is 2.05. The minimum Gasteiger partial charge on any atom is -0.497 e. The minimum absolute atomic E-state index is 0.0112. The van der Waals surface area contributed by atoms with Crippen LogP contribution >= 0.6 is 15.9 Å². The lowest BCUT2D eigenvalue weighted by Gasteiger charge is -2.18. The van der Waals surface area contributed by atoms with Crippen LogP contribution < -0.4 is 10.1 Å². The highest BCUT2D eigenvalue weighted by Crippen LogP contribution is 2.25. The summed E-state index contributed by atoms with van der Waals surface area (Å²) in [5.41, 5.74) is 2.18. The molecule has 20 heavy (non-hydrogen) atoms. The molecule has 0 aliphatic carbocycles. The molecule has 0 bridgehead atoms. The maximum Gasteiger partial charge on any atom is 0.122 e. The van der Waals surface area contributed by atoms with E-state index in [-0.39, 0.29) is 5.54 Å². The molecule has 4 nitrogen and oxygen atoms in total. The molecule has 0 amide bonds. The molecule has 2 aromatic rings. The topological polar surface area (TPSA) is 39.1 Å². The molecular formula is C15H20BrN3O. The number of anilines is 1. The van der Waals surface area contributed by atoms with E-state index >= 15 is 0 Å². The van der Waals surface area contributed by atoms with Crippen LogP contribution in [0, 0.1) is 0 Å². The van der Waals surface area contributed by atoms with Gasteiger partial charge in [-0.15, -0.1) is 0 Å². The molecule has 0 fully saturated rings. The van der Waals surface area contributed by atoms with E-state index in [1.165, 1.54) is 0 Å². The molecule has 5 heteroatoms. The monoisotopic (exact) mass is 337 g/mol. The molecule has 108 valence electrons. The maximum absolute atomic E-state index is 5.25. The number of benzene rings is 1. The van der Waals surface area contributed by atoms with Crippen LogP contribution in [0.5, 0.6) is 5.75 Å². The number of nitrogens with one attached hydrogen (secondary N) is 1. The molecule has 2 rings (SSSR count). The molecule has 0 saturated carbocycles. The van der Waals surface area contributed by atoms with Gasteiger partial charge < -0.3 is 10.1 Å². The summed E-state index contributed by atoms with van der Waals surface area (Å²) in [6.07, 6.45) is 3.97. The van der Waals surface area contributed by atoms with E-state index in [1.54, 1.807) is 7.11 Å². The van der Waals surface area contributed by atoms with Gasteiger partial charge in [0.15, 0.2) is 0 Å². The summed E-state index contributed by atoms with van der Waals surface area (Å²) in [5, 5.41) is 7.77. The third-order valence-corrected chi connectivity index (χ3v) is 3.38. The standard InChI is InChI=1S/C15H20BrN3O/c1-15(2,3)19-10-11(9-18-19)8-17-13-5-12(16)6-14(7-13)20-4/h5-7,9-10,17H,8H2,1-4H3. The third kappa shape index (κ3) is 3.76. The Bertz CT molecular complexity index is 587. The van der Waals surface area contributed by atoms with Crippen molar-refractivity contribution in [2.45, 2.75) is 32.9 Å². The van der Waals surface area contributed by atoms with Gasteiger partial charge in [0.1, 0.15) is 5.75 Å². The smallest absolute Gasteiger partial charge is 0.122 e. The van der Waals surface area contributed by atoms with Gasteiger partial charge in [-0.05, 0) is 32.9 Å². The molecular weight excluding hydrogens is 318 g/mol. The molecule has 0 atom stereocenters. The SMILES string of the molecule is COc1cc(Br)cc(NCc2cnn(C(C)(C)C)c2)c1. The number of hydrogen-bond donors (Lipinski definition) is 1. The summed E-state index contributed by atoms with van der Waals surface area (Å²) in [6.45, 7) is 7.14. The largest absolute Gasteiger partial charge is 0.497 e. The lowest BCUT2D eigenvalue weighted by molar-refractivity contribution is 0.355. The fourth-order valence-corrected chi connectivity index (χ4v) is 2.28. The zero-order valence-electron chi connectivity index (χ0n) is 12.3. The summed E-state index contributed by atoms with van der Waals surface area (Å²) in [4.78, 5) is 0. The lowest BCUT2D eigenvalue weighted by Crippen LogP contribution is -2.21. The van der Waals surface area contributed by atoms with E-state index in [4.69, 9.17) is 4.74 Å². The zero-order chi connectivity index (χ0) is 14.8. The minimum atomic E-state index is 0.0112. The molecule has 1 N–H and O–H groups in total. The van der Waals surface area contributed by atoms with Crippen molar-refractivity contribution in [1.29, 1.82) is 0 Å². The molecule has 0 spiro atoms. The van der Waals surface area contributed by atoms with Gasteiger partial charge in [0, 0.05) is 34.5 Å². The van der Waals surface area contributed by atoms with Crippen LogP contribution in [-0.4, -0.2) is 16.9 Å². The average Bonchev–Trinajstić information content (AvgIpc) is 2.84. The number of halogens is 1. The molecule has 1 aromatic carbocycles. The molecule has 0 saturated heterocycles. The van der Waals surface area contributed by atoms with Crippen molar-refractivity contribution in [2.24, 2.45) is 0 Å². The van der Waals surface area contributed by atoms with Crippen molar-refractivity contribution < 1.29 is 4.74 Å². The van der Waals surface area contributed by atoms with E-state index in [2.05, 4.69) is 53.3 Å². The molecule has 0 aliphatic rings. The van der Waals surface area contributed by atoms with Crippen LogP contribution in [-0.2, 0) is 12.1 Å². The fourth-order valence-electron chi connectivity index (χ4n) is 1.80. The summed E-state index contributed by atoms with van der Waals surface area (Å²) in [6, 6.07) is 5.93. The van der Waals surface area contributed by atoms with Crippen molar-refractivity contribution in [2.75, 3.05) is 12.4 Å². The Hall–Kier alpha value is -1.49. The third-order valence-electron chi connectivity index (χ3n) is 2.93. The number of hydrogen-bond acceptors (Lipinski definition) is 3. The normalized spacial score (nSPS) is 11.4. The van der Waals surface area contributed by atoms with E-state index in [1.807, 2.05) is 29.1 Å². The number of nitrogens with zero attached hydrogens (tertiary/aromatic N) is 2. The molecule has 0 unspecified atom stereocenters. The van der Waals surface area contributed by atoms with Crippen molar-refractivity contribution in [3.63, 3.8) is 0 Å². The summed E-state index contributed by atoms with van der Waals surface area (Å²) >= 11 is 3.47. The second-order valence-electron chi connectivity index (χ2n) is 5.70. The predicted octanol–water partition coefficient (Wildman–Crippen LogP) is 4.02. The summed E-state index contributed by atoms with van der Waals surface area (Å²) in [7, 11) is 1.67. The first-order valence-corrected chi connectivity index (χ1v) is 7.30. The van der Waals surface area contributed by atoms with Crippen LogP contribution in [0.15, 0.2) is 35.1 Å². The Labute approximate surface area is 128 Å².